The maximum Gasteiger partial charge on any atom is 0.169 e. The van der Waals surface area contributed by atoms with Crippen molar-refractivity contribution in [1.29, 1.82) is 0 Å². The van der Waals surface area contributed by atoms with Crippen LogP contribution in [0.2, 0.25) is 0 Å². The second-order valence-corrected chi connectivity index (χ2v) is 8.63. The van der Waals surface area contributed by atoms with Crippen molar-refractivity contribution in [1.82, 2.24) is 9.97 Å². The van der Waals surface area contributed by atoms with Crippen molar-refractivity contribution in [2.75, 3.05) is 0 Å². The average Bonchev–Trinajstić information content (AvgIpc) is 3.14. The van der Waals surface area contributed by atoms with Crippen LogP contribution >= 0.6 is 22.7 Å². The summed E-state index contributed by atoms with van der Waals surface area (Å²) >= 11 is 3.77. The predicted octanol–water partition coefficient (Wildman–Crippen LogP) is 6.89. The van der Waals surface area contributed by atoms with Crippen LogP contribution in [0.3, 0.4) is 0 Å². The lowest BCUT2D eigenvalue weighted by atomic mass is 10.1. The van der Waals surface area contributed by atoms with Gasteiger partial charge in [0.25, 0.3) is 0 Å². The van der Waals surface area contributed by atoms with E-state index in [-0.39, 0.29) is 0 Å². The van der Waals surface area contributed by atoms with Crippen molar-refractivity contribution in [3.63, 3.8) is 0 Å². The molecular formula is C20H26N2S2. The third-order valence-electron chi connectivity index (χ3n) is 4.25. The average molecular weight is 359 g/mol. The normalized spacial score (nSPS) is 11.4. The van der Waals surface area contributed by atoms with Crippen molar-refractivity contribution in [3.05, 3.63) is 35.0 Å². The van der Waals surface area contributed by atoms with Gasteiger partial charge in [0.15, 0.2) is 5.82 Å². The van der Waals surface area contributed by atoms with Crippen LogP contribution in [0.25, 0.3) is 20.1 Å². The van der Waals surface area contributed by atoms with Crippen LogP contribution in [0, 0.1) is 0 Å². The third-order valence-corrected chi connectivity index (χ3v) is 6.60. The molecule has 0 bridgehead atoms. The molecule has 4 heteroatoms. The summed E-state index contributed by atoms with van der Waals surface area (Å²) < 4.78 is 2.78. The predicted molar refractivity (Wildman–Crippen MR) is 107 cm³/mol. The zero-order valence-electron chi connectivity index (χ0n) is 14.7. The molecule has 24 heavy (non-hydrogen) atoms. The molecule has 0 aliphatic carbocycles. The molecule has 0 saturated heterocycles. The quantitative estimate of drug-likeness (QED) is 0.389. The van der Waals surface area contributed by atoms with E-state index in [1.165, 1.54) is 63.2 Å². The minimum atomic E-state index is 0.865. The first kappa shape index (κ1) is 17.6. The highest BCUT2D eigenvalue weighted by Crippen LogP contribution is 2.37. The molecule has 0 spiro atoms. The lowest BCUT2D eigenvalue weighted by Crippen LogP contribution is -1.90. The third kappa shape index (κ3) is 4.42. The van der Waals surface area contributed by atoms with Gasteiger partial charge in [0.2, 0.25) is 0 Å². The molecule has 3 aromatic rings. The lowest BCUT2D eigenvalue weighted by molar-refractivity contribution is 0.634. The van der Waals surface area contributed by atoms with E-state index in [2.05, 4.69) is 35.9 Å². The van der Waals surface area contributed by atoms with Crippen LogP contribution in [0.5, 0.6) is 0 Å². The Labute approximate surface area is 153 Å². The zero-order chi connectivity index (χ0) is 16.8. The Kier molecular flexibility index (Phi) is 6.38. The number of unbranched alkanes of at least 4 members (excludes halogenated alkanes) is 4. The number of aromatic nitrogens is 2. The minimum absolute atomic E-state index is 0.865. The highest BCUT2D eigenvalue weighted by Gasteiger charge is 2.10. The molecule has 0 fully saturated rings. The molecule has 0 saturated carbocycles. The Bertz CT molecular complexity index is 724. The van der Waals surface area contributed by atoms with Gasteiger partial charge in [-0.25, -0.2) is 9.97 Å². The summed E-state index contributed by atoms with van der Waals surface area (Å²) in [5.74, 6) is 0.865. The Hall–Kier alpha value is -1.26. The molecule has 0 aliphatic rings. The number of hydrogen-bond acceptors (Lipinski definition) is 4. The topological polar surface area (TPSA) is 25.8 Å². The molecule has 128 valence electrons. The van der Waals surface area contributed by atoms with Crippen LogP contribution in [0.4, 0.5) is 0 Å². The molecule has 3 aromatic heterocycles. The highest BCUT2D eigenvalue weighted by molar-refractivity contribution is 7.29. The first-order valence-corrected chi connectivity index (χ1v) is 10.8. The molecule has 3 heterocycles. The summed E-state index contributed by atoms with van der Waals surface area (Å²) in [6.07, 6.45) is 14.1. The van der Waals surface area contributed by atoms with Gasteiger partial charge in [-0.15, -0.1) is 22.7 Å². The minimum Gasteiger partial charge on any atom is -0.236 e. The summed E-state index contributed by atoms with van der Waals surface area (Å²) in [7, 11) is 0. The smallest absolute Gasteiger partial charge is 0.169 e. The van der Waals surface area contributed by atoms with Crippen molar-refractivity contribution in [2.45, 2.75) is 65.2 Å². The van der Waals surface area contributed by atoms with Gasteiger partial charge in [-0.2, -0.15) is 0 Å². The van der Waals surface area contributed by atoms with Gasteiger partial charge in [0, 0.05) is 26.7 Å². The Morgan fingerprint density at radius 1 is 0.792 bits per heavy atom. The fraction of sp³-hybridized carbons (Fsp3) is 0.500. The molecule has 0 N–H and O–H groups in total. The fourth-order valence-corrected chi connectivity index (χ4v) is 5.33. The zero-order valence-corrected chi connectivity index (χ0v) is 16.3. The number of hydrogen-bond donors (Lipinski definition) is 0. The lowest BCUT2D eigenvalue weighted by Gasteiger charge is -1.99. The largest absolute Gasteiger partial charge is 0.236 e. The monoisotopic (exact) mass is 358 g/mol. The number of nitrogens with zero attached hydrogens (tertiary/aromatic N) is 2. The van der Waals surface area contributed by atoms with Crippen molar-refractivity contribution >= 4 is 32.1 Å². The van der Waals surface area contributed by atoms with E-state index in [1.54, 1.807) is 0 Å². The highest BCUT2D eigenvalue weighted by atomic mass is 32.1. The molecule has 0 unspecified atom stereocenters. The van der Waals surface area contributed by atoms with Crippen LogP contribution in [-0.4, -0.2) is 9.97 Å². The summed E-state index contributed by atoms with van der Waals surface area (Å²) in [5.41, 5.74) is 1.23. The first-order chi connectivity index (χ1) is 11.8. The summed E-state index contributed by atoms with van der Waals surface area (Å²) in [6.45, 7) is 4.45. The van der Waals surface area contributed by atoms with Crippen LogP contribution in [0.1, 0.15) is 62.8 Å². The van der Waals surface area contributed by atoms with Gasteiger partial charge in [-0.1, -0.05) is 46.0 Å². The van der Waals surface area contributed by atoms with E-state index < -0.39 is 0 Å². The van der Waals surface area contributed by atoms with Gasteiger partial charge in [-0.3, -0.25) is 0 Å². The van der Waals surface area contributed by atoms with Crippen LogP contribution < -0.4 is 0 Å². The number of fused-ring (bicyclic) bond motifs is 1. The Balaban J connectivity index is 1.63. The van der Waals surface area contributed by atoms with Gasteiger partial charge in [0.1, 0.15) is 0 Å². The van der Waals surface area contributed by atoms with E-state index in [1.807, 2.05) is 35.1 Å². The molecule has 0 amide bonds. The standard InChI is InChI=1S/C20H26N2S2/c1-3-5-6-7-8-10-16-11-17-18(23-16)12-19(24-17)20-21-13-15(9-4-2)14-22-20/h11-14H,3-10H2,1-2H3. The molecule has 0 radical (unpaired) electrons. The molecule has 0 aromatic carbocycles. The Morgan fingerprint density at radius 3 is 2.25 bits per heavy atom. The number of rotatable bonds is 9. The van der Waals surface area contributed by atoms with E-state index in [0.29, 0.717) is 0 Å². The van der Waals surface area contributed by atoms with E-state index in [0.717, 1.165) is 18.7 Å². The van der Waals surface area contributed by atoms with Crippen molar-refractivity contribution in [2.24, 2.45) is 0 Å². The molecule has 0 aliphatic heterocycles. The van der Waals surface area contributed by atoms with Gasteiger partial charge < -0.3 is 0 Å². The second-order valence-electron chi connectivity index (χ2n) is 6.38. The number of thiophene rings is 2. The van der Waals surface area contributed by atoms with Crippen molar-refractivity contribution in [3.8, 4) is 10.7 Å². The maximum absolute atomic E-state index is 4.55. The molecule has 0 atom stereocenters. The number of aryl methyl sites for hydroxylation is 2. The van der Waals surface area contributed by atoms with Crippen molar-refractivity contribution < 1.29 is 0 Å². The molecule has 3 rings (SSSR count). The van der Waals surface area contributed by atoms with E-state index >= 15 is 0 Å². The molecule has 2 nitrogen and oxygen atoms in total. The first-order valence-electron chi connectivity index (χ1n) is 9.13. The van der Waals surface area contributed by atoms with E-state index in [4.69, 9.17) is 0 Å². The van der Waals surface area contributed by atoms with Crippen LogP contribution in [0.15, 0.2) is 24.5 Å². The van der Waals surface area contributed by atoms with Gasteiger partial charge >= 0.3 is 0 Å². The van der Waals surface area contributed by atoms with Gasteiger partial charge in [-0.05, 0) is 37.0 Å². The maximum atomic E-state index is 4.55. The second kappa shape index (κ2) is 8.72. The SMILES string of the molecule is CCCCCCCc1cc2sc(-c3ncc(CCC)cn3)cc2s1. The van der Waals surface area contributed by atoms with Gasteiger partial charge in [0.05, 0.1) is 4.88 Å². The van der Waals surface area contributed by atoms with E-state index in [9.17, 15) is 0 Å². The fourth-order valence-electron chi connectivity index (χ4n) is 2.92. The van der Waals surface area contributed by atoms with Crippen LogP contribution in [-0.2, 0) is 12.8 Å². The summed E-state index contributed by atoms with van der Waals surface area (Å²) in [4.78, 5) is 11.8. The molecular weight excluding hydrogens is 332 g/mol. The Morgan fingerprint density at radius 2 is 1.54 bits per heavy atom. The summed E-state index contributed by atoms with van der Waals surface area (Å²) in [6, 6.07) is 4.64. The summed E-state index contributed by atoms with van der Waals surface area (Å²) in [5, 5.41) is 0.